The molecule has 0 radical (unpaired) electrons. The minimum absolute atomic E-state index is 0.362. The molecule has 0 heterocycles. The van der Waals surface area contributed by atoms with Crippen LogP contribution in [0.15, 0.2) is 46.9 Å². The fourth-order valence-electron chi connectivity index (χ4n) is 1.99. The number of hydrogen-bond donors (Lipinski definition) is 1. The molecule has 0 unspecified atom stereocenters. The van der Waals surface area contributed by atoms with Crippen LogP contribution in [0.5, 0.6) is 0 Å². The van der Waals surface area contributed by atoms with Crippen molar-refractivity contribution in [1.29, 1.82) is 0 Å². The van der Waals surface area contributed by atoms with Gasteiger partial charge in [0.2, 0.25) is 0 Å². The van der Waals surface area contributed by atoms with Gasteiger partial charge in [-0.1, -0.05) is 57.9 Å². The monoisotopic (exact) mass is 317 g/mol. The van der Waals surface area contributed by atoms with Crippen LogP contribution in [0, 0.1) is 13.8 Å². The van der Waals surface area contributed by atoms with Gasteiger partial charge in [0.25, 0.3) is 0 Å². The topological polar surface area (TPSA) is 12.0 Å². The molecule has 100 valence electrons. The van der Waals surface area contributed by atoms with Gasteiger partial charge in [-0.2, -0.15) is 0 Å². The Balaban J connectivity index is 1.98. The van der Waals surface area contributed by atoms with Crippen LogP contribution in [0.3, 0.4) is 0 Å². The van der Waals surface area contributed by atoms with Crippen LogP contribution in [0.1, 0.15) is 35.2 Å². The van der Waals surface area contributed by atoms with Crippen LogP contribution < -0.4 is 5.32 Å². The number of nitrogens with one attached hydrogen (secondary N) is 1. The van der Waals surface area contributed by atoms with E-state index in [-0.39, 0.29) is 0 Å². The van der Waals surface area contributed by atoms with Gasteiger partial charge in [-0.15, -0.1) is 0 Å². The third kappa shape index (κ3) is 3.92. The maximum absolute atomic E-state index is 3.58. The predicted molar refractivity (Wildman–Crippen MR) is 85.3 cm³/mol. The smallest absolute Gasteiger partial charge is 0.0294 e. The average Bonchev–Trinajstić information content (AvgIpc) is 2.40. The van der Waals surface area contributed by atoms with E-state index in [2.05, 4.69) is 84.5 Å². The summed E-state index contributed by atoms with van der Waals surface area (Å²) in [6, 6.07) is 15.6. The summed E-state index contributed by atoms with van der Waals surface area (Å²) in [5.41, 5.74) is 5.21. The van der Waals surface area contributed by atoms with Crippen molar-refractivity contribution in [3.63, 3.8) is 0 Å². The number of rotatable bonds is 4. The molecule has 0 amide bonds. The molecule has 1 N–H and O–H groups in total. The minimum Gasteiger partial charge on any atom is -0.306 e. The van der Waals surface area contributed by atoms with Gasteiger partial charge in [-0.25, -0.2) is 0 Å². The summed E-state index contributed by atoms with van der Waals surface area (Å²) in [6.07, 6.45) is 0. The van der Waals surface area contributed by atoms with E-state index in [1.807, 2.05) is 0 Å². The Bertz CT molecular complexity index is 546. The fraction of sp³-hybridized carbons (Fsp3) is 0.294. The van der Waals surface area contributed by atoms with E-state index < -0.39 is 0 Å². The van der Waals surface area contributed by atoms with E-state index in [1.54, 1.807) is 0 Å². The summed E-state index contributed by atoms with van der Waals surface area (Å²) in [6.45, 7) is 7.31. The van der Waals surface area contributed by atoms with Crippen molar-refractivity contribution in [3.05, 3.63) is 69.2 Å². The van der Waals surface area contributed by atoms with E-state index in [0.29, 0.717) is 6.04 Å². The second-order valence-electron chi connectivity index (χ2n) is 5.10. The highest BCUT2D eigenvalue weighted by atomic mass is 79.9. The summed E-state index contributed by atoms with van der Waals surface area (Å²) in [5.74, 6) is 0. The second-order valence-corrected chi connectivity index (χ2v) is 5.95. The van der Waals surface area contributed by atoms with Crippen LogP contribution in [0.4, 0.5) is 0 Å². The molecule has 0 fully saturated rings. The summed E-state index contributed by atoms with van der Waals surface area (Å²) in [4.78, 5) is 0. The number of aryl methyl sites for hydroxylation is 2. The molecule has 19 heavy (non-hydrogen) atoms. The quantitative estimate of drug-likeness (QED) is 0.844. The molecule has 0 aliphatic heterocycles. The molecule has 2 rings (SSSR count). The van der Waals surface area contributed by atoms with Gasteiger partial charge in [-0.05, 0) is 43.5 Å². The highest BCUT2D eigenvalue weighted by Crippen LogP contribution is 2.19. The van der Waals surface area contributed by atoms with Crippen LogP contribution in [0.25, 0.3) is 0 Å². The van der Waals surface area contributed by atoms with Crippen molar-refractivity contribution < 1.29 is 0 Å². The molecular formula is C17H20BrN. The minimum atomic E-state index is 0.362. The number of halogens is 1. The van der Waals surface area contributed by atoms with Crippen LogP contribution in [0.2, 0.25) is 0 Å². The predicted octanol–water partition coefficient (Wildman–Crippen LogP) is 4.92. The van der Waals surface area contributed by atoms with E-state index >= 15 is 0 Å². The van der Waals surface area contributed by atoms with E-state index in [9.17, 15) is 0 Å². The molecule has 0 saturated heterocycles. The van der Waals surface area contributed by atoms with Crippen molar-refractivity contribution in [2.75, 3.05) is 0 Å². The molecule has 1 nitrogen and oxygen atoms in total. The lowest BCUT2D eigenvalue weighted by atomic mass is 10.1. The molecule has 0 saturated carbocycles. The van der Waals surface area contributed by atoms with Crippen LogP contribution >= 0.6 is 15.9 Å². The molecule has 0 aliphatic rings. The molecular weight excluding hydrogens is 298 g/mol. The number of hydrogen-bond acceptors (Lipinski definition) is 1. The Morgan fingerprint density at radius 3 is 2.37 bits per heavy atom. The molecule has 0 spiro atoms. The normalized spacial score (nSPS) is 12.4. The summed E-state index contributed by atoms with van der Waals surface area (Å²) in [5, 5.41) is 3.56. The molecule has 0 aromatic heterocycles. The van der Waals surface area contributed by atoms with Gasteiger partial charge in [-0.3, -0.25) is 0 Å². The van der Waals surface area contributed by atoms with Crippen molar-refractivity contribution in [1.82, 2.24) is 5.32 Å². The standard InChI is InChI=1S/C17H20BrN/c1-12-4-8-16(9-5-12)14(3)19-11-15-7-6-13(2)17(18)10-15/h4-10,14,19H,11H2,1-3H3/t14-/m0/s1. The van der Waals surface area contributed by atoms with Gasteiger partial charge in [0.1, 0.15) is 0 Å². The zero-order valence-corrected chi connectivity index (χ0v) is 13.3. The zero-order chi connectivity index (χ0) is 13.8. The molecule has 2 heteroatoms. The highest BCUT2D eigenvalue weighted by Gasteiger charge is 2.05. The molecule has 2 aromatic carbocycles. The average molecular weight is 318 g/mol. The third-order valence-electron chi connectivity index (χ3n) is 3.43. The maximum atomic E-state index is 3.58. The van der Waals surface area contributed by atoms with Crippen molar-refractivity contribution in [2.24, 2.45) is 0 Å². The third-order valence-corrected chi connectivity index (χ3v) is 4.28. The molecule has 1 atom stereocenters. The highest BCUT2D eigenvalue weighted by molar-refractivity contribution is 9.10. The van der Waals surface area contributed by atoms with Gasteiger partial charge in [0, 0.05) is 17.1 Å². The largest absolute Gasteiger partial charge is 0.306 e. The van der Waals surface area contributed by atoms with Crippen molar-refractivity contribution >= 4 is 15.9 Å². The fourth-order valence-corrected chi connectivity index (χ4v) is 2.42. The van der Waals surface area contributed by atoms with Gasteiger partial charge < -0.3 is 5.32 Å². The Kier molecular flexibility index (Phi) is 4.78. The first-order valence-corrected chi connectivity index (χ1v) is 7.40. The van der Waals surface area contributed by atoms with E-state index in [4.69, 9.17) is 0 Å². The maximum Gasteiger partial charge on any atom is 0.0294 e. The van der Waals surface area contributed by atoms with E-state index in [0.717, 1.165) is 6.54 Å². The molecule has 0 aliphatic carbocycles. The summed E-state index contributed by atoms with van der Waals surface area (Å²) < 4.78 is 1.18. The van der Waals surface area contributed by atoms with E-state index in [1.165, 1.54) is 26.7 Å². The number of benzene rings is 2. The zero-order valence-electron chi connectivity index (χ0n) is 11.7. The Morgan fingerprint density at radius 2 is 1.74 bits per heavy atom. The Hall–Kier alpha value is -1.12. The lowest BCUT2D eigenvalue weighted by Crippen LogP contribution is -2.18. The Morgan fingerprint density at radius 1 is 1.05 bits per heavy atom. The van der Waals surface area contributed by atoms with Crippen molar-refractivity contribution in [3.8, 4) is 0 Å². The van der Waals surface area contributed by atoms with Gasteiger partial charge >= 0.3 is 0 Å². The first-order chi connectivity index (χ1) is 9.06. The molecule has 2 aromatic rings. The summed E-state index contributed by atoms with van der Waals surface area (Å²) in [7, 11) is 0. The van der Waals surface area contributed by atoms with Crippen LogP contribution in [-0.2, 0) is 6.54 Å². The first-order valence-electron chi connectivity index (χ1n) is 6.61. The SMILES string of the molecule is Cc1ccc([C@H](C)NCc2ccc(C)c(Br)c2)cc1. The Labute approximate surface area is 124 Å². The van der Waals surface area contributed by atoms with Crippen molar-refractivity contribution in [2.45, 2.75) is 33.4 Å². The first kappa shape index (κ1) is 14.3. The lowest BCUT2D eigenvalue weighted by molar-refractivity contribution is 0.574. The second kappa shape index (κ2) is 6.36. The van der Waals surface area contributed by atoms with Gasteiger partial charge in [0.15, 0.2) is 0 Å². The van der Waals surface area contributed by atoms with Gasteiger partial charge in [0.05, 0.1) is 0 Å². The lowest BCUT2D eigenvalue weighted by Gasteiger charge is -2.15. The summed E-state index contributed by atoms with van der Waals surface area (Å²) >= 11 is 3.58. The molecule has 0 bridgehead atoms. The van der Waals surface area contributed by atoms with Crippen LogP contribution in [-0.4, -0.2) is 0 Å².